The van der Waals surface area contributed by atoms with Gasteiger partial charge in [-0.05, 0) is 41.4 Å². The van der Waals surface area contributed by atoms with E-state index < -0.39 is 0 Å². The van der Waals surface area contributed by atoms with Crippen LogP contribution in [-0.2, 0) is 0 Å². The minimum atomic E-state index is -0.237. The molecule has 1 aromatic carbocycles. The van der Waals surface area contributed by atoms with Gasteiger partial charge in [-0.15, -0.1) is 0 Å². The van der Waals surface area contributed by atoms with Gasteiger partial charge in [0, 0.05) is 10.2 Å². The van der Waals surface area contributed by atoms with Crippen LogP contribution in [0.25, 0.3) is 0 Å². The lowest BCUT2D eigenvalue weighted by Crippen LogP contribution is -2.38. The predicted octanol–water partition coefficient (Wildman–Crippen LogP) is 4.19. The van der Waals surface area contributed by atoms with Crippen LogP contribution in [-0.4, -0.2) is 17.3 Å². The van der Waals surface area contributed by atoms with Crippen LogP contribution < -0.4 is 5.32 Å². The first-order valence-corrected chi connectivity index (χ1v) is 7.04. The molecule has 3 heteroatoms. The van der Waals surface area contributed by atoms with E-state index >= 15 is 0 Å². The van der Waals surface area contributed by atoms with Crippen LogP contribution in [0.5, 0.6) is 0 Å². The molecule has 0 aliphatic heterocycles. The highest BCUT2D eigenvalue weighted by molar-refractivity contribution is 9.10. The molecule has 96 valence electrons. The van der Waals surface area contributed by atoms with Gasteiger partial charge in [-0.3, -0.25) is 0 Å². The smallest absolute Gasteiger partial charge is 0.0658 e. The van der Waals surface area contributed by atoms with E-state index in [0.29, 0.717) is 0 Å². The molecule has 1 rings (SSSR count). The van der Waals surface area contributed by atoms with Crippen molar-refractivity contribution in [1.29, 1.82) is 0 Å². The highest BCUT2D eigenvalue weighted by atomic mass is 79.9. The van der Waals surface area contributed by atoms with Gasteiger partial charge in [0.25, 0.3) is 0 Å². The van der Waals surface area contributed by atoms with E-state index in [-0.39, 0.29) is 12.1 Å². The number of rotatable bonds is 7. The Bertz CT molecular complexity index is 343. The van der Waals surface area contributed by atoms with Gasteiger partial charge in [0.05, 0.1) is 12.1 Å². The van der Waals surface area contributed by atoms with Crippen molar-refractivity contribution < 1.29 is 5.11 Å². The summed E-state index contributed by atoms with van der Waals surface area (Å²) >= 11 is 3.52. The third kappa shape index (κ3) is 4.68. The number of aliphatic hydroxyl groups is 1. The number of para-hydroxylation sites is 1. The zero-order valence-corrected chi connectivity index (χ0v) is 12.3. The third-order valence-corrected chi connectivity index (χ3v) is 3.68. The molecule has 17 heavy (non-hydrogen) atoms. The largest absolute Gasteiger partial charge is 0.394 e. The topological polar surface area (TPSA) is 32.3 Å². The number of nitrogens with one attached hydrogen (secondary N) is 1. The van der Waals surface area contributed by atoms with Crippen LogP contribution >= 0.6 is 15.9 Å². The maximum absolute atomic E-state index is 9.56. The molecule has 1 aromatic rings. The lowest BCUT2D eigenvalue weighted by atomic mass is 9.95. The molecular formula is C14H22BrNO. The minimum absolute atomic E-state index is 0.151. The van der Waals surface area contributed by atoms with E-state index in [1.54, 1.807) is 0 Å². The zero-order chi connectivity index (χ0) is 12.7. The standard InChI is InChI=1S/C14H22BrNO/c1-3-4-7-10-14(2,11-17)16-13-9-6-5-8-12(13)15/h5-6,8-9,16-17H,3-4,7,10-11H2,1-2H3. The third-order valence-electron chi connectivity index (χ3n) is 2.99. The van der Waals surface area contributed by atoms with Gasteiger partial charge in [-0.2, -0.15) is 0 Å². The normalized spacial score (nSPS) is 14.4. The number of hydrogen-bond donors (Lipinski definition) is 2. The molecule has 0 aliphatic rings. The fourth-order valence-corrected chi connectivity index (χ4v) is 2.22. The maximum atomic E-state index is 9.56. The molecule has 0 radical (unpaired) electrons. The van der Waals surface area contributed by atoms with Crippen LogP contribution in [0, 0.1) is 0 Å². The van der Waals surface area contributed by atoms with E-state index in [1.165, 1.54) is 12.8 Å². The Morgan fingerprint density at radius 2 is 2.00 bits per heavy atom. The van der Waals surface area contributed by atoms with E-state index in [2.05, 4.69) is 35.1 Å². The van der Waals surface area contributed by atoms with Crippen molar-refractivity contribution in [2.45, 2.75) is 45.1 Å². The molecule has 2 N–H and O–H groups in total. The molecule has 2 nitrogen and oxygen atoms in total. The Labute approximate surface area is 113 Å². The Kier molecular flexibility index (Phi) is 6.00. The quantitative estimate of drug-likeness (QED) is 0.740. The second-order valence-electron chi connectivity index (χ2n) is 4.78. The van der Waals surface area contributed by atoms with Crippen LogP contribution in [0.2, 0.25) is 0 Å². The Morgan fingerprint density at radius 3 is 2.59 bits per heavy atom. The van der Waals surface area contributed by atoms with E-state index in [9.17, 15) is 5.11 Å². The number of halogens is 1. The summed E-state index contributed by atoms with van der Waals surface area (Å²) in [5.41, 5.74) is 0.805. The average Bonchev–Trinajstić information content (AvgIpc) is 2.33. The lowest BCUT2D eigenvalue weighted by Gasteiger charge is -2.30. The molecule has 0 fully saturated rings. The summed E-state index contributed by atoms with van der Waals surface area (Å²) in [7, 11) is 0. The first-order chi connectivity index (χ1) is 8.11. The number of hydrogen-bond acceptors (Lipinski definition) is 2. The minimum Gasteiger partial charge on any atom is -0.394 e. The predicted molar refractivity (Wildman–Crippen MR) is 77.4 cm³/mol. The summed E-state index contributed by atoms with van der Waals surface area (Å²) in [4.78, 5) is 0. The van der Waals surface area contributed by atoms with Gasteiger partial charge in [-0.1, -0.05) is 38.3 Å². The van der Waals surface area contributed by atoms with E-state index in [4.69, 9.17) is 0 Å². The van der Waals surface area contributed by atoms with Crippen LogP contribution in [0.4, 0.5) is 5.69 Å². The second kappa shape index (κ2) is 7.02. The molecule has 0 bridgehead atoms. The Hall–Kier alpha value is -0.540. The average molecular weight is 300 g/mol. The molecule has 0 saturated carbocycles. The maximum Gasteiger partial charge on any atom is 0.0658 e. The van der Waals surface area contributed by atoms with Gasteiger partial charge in [0.2, 0.25) is 0 Å². The molecule has 1 atom stereocenters. The first-order valence-electron chi connectivity index (χ1n) is 6.25. The summed E-state index contributed by atoms with van der Waals surface area (Å²) in [6, 6.07) is 8.02. The number of aliphatic hydroxyl groups excluding tert-OH is 1. The fourth-order valence-electron chi connectivity index (χ4n) is 1.83. The molecule has 0 aliphatic carbocycles. The summed E-state index contributed by atoms with van der Waals surface area (Å²) in [5, 5.41) is 13.0. The SMILES string of the molecule is CCCCCC(C)(CO)Nc1ccccc1Br. The van der Waals surface area contributed by atoms with Crippen molar-refractivity contribution in [3.63, 3.8) is 0 Å². The molecule has 0 heterocycles. The van der Waals surface area contributed by atoms with E-state index in [0.717, 1.165) is 23.0 Å². The molecule has 1 unspecified atom stereocenters. The number of anilines is 1. The highest BCUT2D eigenvalue weighted by Crippen LogP contribution is 2.27. The van der Waals surface area contributed by atoms with Gasteiger partial charge in [0.1, 0.15) is 0 Å². The lowest BCUT2D eigenvalue weighted by molar-refractivity contribution is 0.211. The molecule has 0 saturated heterocycles. The molecule has 0 aromatic heterocycles. The molecular weight excluding hydrogens is 278 g/mol. The van der Waals surface area contributed by atoms with Crippen molar-refractivity contribution in [1.82, 2.24) is 0 Å². The van der Waals surface area contributed by atoms with E-state index in [1.807, 2.05) is 24.3 Å². The van der Waals surface area contributed by atoms with Crippen molar-refractivity contribution >= 4 is 21.6 Å². The first kappa shape index (κ1) is 14.5. The van der Waals surface area contributed by atoms with Crippen molar-refractivity contribution in [2.75, 3.05) is 11.9 Å². The monoisotopic (exact) mass is 299 g/mol. The summed E-state index contributed by atoms with van der Waals surface area (Å²) < 4.78 is 1.04. The van der Waals surface area contributed by atoms with Crippen molar-refractivity contribution in [3.8, 4) is 0 Å². The number of benzene rings is 1. The molecule has 0 amide bonds. The van der Waals surface area contributed by atoms with Crippen molar-refractivity contribution in [3.05, 3.63) is 28.7 Å². The Morgan fingerprint density at radius 1 is 1.29 bits per heavy atom. The summed E-state index contributed by atoms with van der Waals surface area (Å²) in [6.45, 7) is 4.41. The summed E-state index contributed by atoms with van der Waals surface area (Å²) in [6.07, 6.45) is 4.55. The van der Waals surface area contributed by atoms with Crippen LogP contribution in [0.3, 0.4) is 0 Å². The van der Waals surface area contributed by atoms with Gasteiger partial charge < -0.3 is 10.4 Å². The van der Waals surface area contributed by atoms with Crippen molar-refractivity contribution in [2.24, 2.45) is 0 Å². The second-order valence-corrected chi connectivity index (χ2v) is 5.64. The highest BCUT2D eigenvalue weighted by Gasteiger charge is 2.22. The summed E-state index contributed by atoms with van der Waals surface area (Å²) in [5.74, 6) is 0. The Balaban J connectivity index is 2.65. The zero-order valence-electron chi connectivity index (χ0n) is 10.7. The van der Waals surface area contributed by atoms with Gasteiger partial charge in [0.15, 0.2) is 0 Å². The fraction of sp³-hybridized carbons (Fsp3) is 0.571. The molecule has 0 spiro atoms. The van der Waals surface area contributed by atoms with Gasteiger partial charge in [-0.25, -0.2) is 0 Å². The van der Waals surface area contributed by atoms with Crippen LogP contribution in [0.1, 0.15) is 39.5 Å². The number of unbranched alkanes of at least 4 members (excludes halogenated alkanes) is 2. The van der Waals surface area contributed by atoms with Gasteiger partial charge >= 0.3 is 0 Å². The van der Waals surface area contributed by atoms with Crippen LogP contribution in [0.15, 0.2) is 28.7 Å².